The Bertz CT molecular complexity index is 116. The van der Waals surface area contributed by atoms with Crippen LogP contribution in [-0.4, -0.2) is 11.2 Å². The van der Waals surface area contributed by atoms with E-state index in [2.05, 4.69) is 6.92 Å². The minimum atomic E-state index is 0.0428. The van der Waals surface area contributed by atoms with Gasteiger partial charge in [-0.2, -0.15) is 0 Å². The van der Waals surface area contributed by atoms with Gasteiger partial charge in [-0.15, -0.1) is 0 Å². The van der Waals surface area contributed by atoms with E-state index in [9.17, 15) is 5.11 Å². The van der Waals surface area contributed by atoms with Gasteiger partial charge in [-0.25, -0.2) is 0 Å². The molecular weight excluding hydrogens is 100 g/mol. The smallest absolute Gasteiger partial charge is 0.0599 e. The molecule has 2 rings (SSSR count). The normalized spacial score (nSPS) is 60.8. The van der Waals surface area contributed by atoms with Gasteiger partial charge in [-0.3, -0.25) is 0 Å². The third-order valence-electron chi connectivity index (χ3n) is 3.23. The van der Waals surface area contributed by atoms with Crippen LogP contribution in [0.15, 0.2) is 0 Å². The third-order valence-corrected chi connectivity index (χ3v) is 3.23. The molecule has 0 bridgehead atoms. The predicted octanol–water partition coefficient (Wildman–Crippen LogP) is 1.17. The number of hydrogen-bond acceptors (Lipinski definition) is 1. The van der Waals surface area contributed by atoms with Gasteiger partial charge in [0.2, 0.25) is 0 Å². The molecule has 0 spiro atoms. The first-order chi connectivity index (χ1) is 3.73. The lowest BCUT2D eigenvalue weighted by Crippen LogP contribution is -2.57. The Balaban J connectivity index is 2.12. The van der Waals surface area contributed by atoms with Gasteiger partial charge in [0.05, 0.1) is 6.10 Å². The number of fused-ring (bicyclic) bond motifs is 1. The van der Waals surface area contributed by atoms with E-state index in [1.807, 2.05) is 0 Å². The highest BCUT2D eigenvalue weighted by atomic mass is 16.3. The van der Waals surface area contributed by atoms with Gasteiger partial charge in [-0.05, 0) is 30.6 Å². The van der Waals surface area contributed by atoms with Crippen LogP contribution in [0.3, 0.4) is 0 Å². The molecule has 2 aliphatic rings. The third kappa shape index (κ3) is 0.304. The molecular formula is C7H12O. The first kappa shape index (κ1) is 4.80. The maximum absolute atomic E-state index is 9.20. The second-order valence-corrected chi connectivity index (χ2v) is 3.49. The lowest BCUT2D eigenvalue weighted by molar-refractivity contribution is -0.176. The minimum Gasteiger partial charge on any atom is -0.393 e. The molecule has 2 aliphatic carbocycles. The van der Waals surface area contributed by atoms with Crippen molar-refractivity contribution >= 4 is 0 Å². The van der Waals surface area contributed by atoms with Crippen molar-refractivity contribution in [2.24, 2.45) is 11.3 Å². The SMILES string of the molecule is C[C@@]12CCC1C[C@@H]2O. The average molecular weight is 112 g/mol. The van der Waals surface area contributed by atoms with Crippen LogP contribution in [0.4, 0.5) is 0 Å². The van der Waals surface area contributed by atoms with E-state index in [1.54, 1.807) is 0 Å². The summed E-state index contributed by atoms with van der Waals surface area (Å²) in [5.41, 5.74) is 0.375. The molecule has 0 aliphatic heterocycles. The van der Waals surface area contributed by atoms with Gasteiger partial charge in [0, 0.05) is 0 Å². The van der Waals surface area contributed by atoms with Crippen LogP contribution >= 0.6 is 0 Å². The van der Waals surface area contributed by atoms with E-state index in [-0.39, 0.29) is 6.10 Å². The molecule has 46 valence electrons. The molecule has 0 heterocycles. The molecule has 2 saturated carbocycles. The zero-order chi connectivity index (χ0) is 5.78. The summed E-state index contributed by atoms with van der Waals surface area (Å²) in [6, 6.07) is 0. The molecule has 0 aromatic rings. The van der Waals surface area contributed by atoms with E-state index in [1.165, 1.54) is 12.8 Å². The lowest BCUT2D eigenvalue weighted by atomic mass is 9.47. The standard InChI is InChI=1S/C7H12O/c1-7-3-2-5(7)4-6(7)8/h5-6,8H,2-4H2,1H3/t5?,6-,7+/m0/s1. The fraction of sp³-hybridized carbons (Fsp3) is 1.00. The van der Waals surface area contributed by atoms with Gasteiger partial charge in [-0.1, -0.05) is 6.92 Å². The van der Waals surface area contributed by atoms with Crippen molar-refractivity contribution in [1.29, 1.82) is 0 Å². The van der Waals surface area contributed by atoms with Crippen molar-refractivity contribution in [2.45, 2.75) is 32.3 Å². The van der Waals surface area contributed by atoms with E-state index in [4.69, 9.17) is 0 Å². The highest BCUT2D eigenvalue weighted by Gasteiger charge is 2.56. The first-order valence-electron chi connectivity index (χ1n) is 3.41. The molecule has 1 unspecified atom stereocenters. The molecule has 0 amide bonds. The van der Waals surface area contributed by atoms with Gasteiger partial charge >= 0.3 is 0 Å². The highest BCUT2D eigenvalue weighted by Crippen LogP contribution is 2.60. The Morgan fingerprint density at radius 2 is 2.38 bits per heavy atom. The molecule has 0 aromatic carbocycles. The summed E-state index contributed by atoms with van der Waals surface area (Å²) < 4.78 is 0. The van der Waals surface area contributed by atoms with Crippen LogP contribution in [0.1, 0.15) is 26.2 Å². The summed E-state index contributed by atoms with van der Waals surface area (Å²) in [5.74, 6) is 0.887. The number of aliphatic hydroxyl groups is 1. The van der Waals surface area contributed by atoms with Crippen molar-refractivity contribution in [3.8, 4) is 0 Å². The Morgan fingerprint density at radius 3 is 2.38 bits per heavy atom. The van der Waals surface area contributed by atoms with Crippen molar-refractivity contribution < 1.29 is 5.11 Å². The average Bonchev–Trinajstić information content (AvgIpc) is 1.79. The van der Waals surface area contributed by atoms with Crippen LogP contribution in [0.2, 0.25) is 0 Å². The zero-order valence-corrected chi connectivity index (χ0v) is 5.22. The van der Waals surface area contributed by atoms with E-state index >= 15 is 0 Å². The largest absolute Gasteiger partial charge is 0.393 e. The fourth-order valence-electron chi connectivity index (χ4n) is 2.01. The number of hydrogen-bond donors (Lipinski definition) is 1. The molecule has 2 fully saturated rings. The van der Waals surface area contributed by atoms with Gasteiger partial charge in [0.15, 0.2) is 0 Å². The van der Waals surface area contributed by atoms with Gasteiger partial charge < -0.3 is 5.11 Å². The topological polar surface area (TPSA) is 20.2 Å². The van der Waals surface area contributed by atoms with Crippen LogP contribution in [0, 0.1) is 11.3 Å². The molecule has 1 heteroatoms. The van der Waals surface area contributed by atoms with Gasteiger partial charge in [0.1, 0.15) is 0 Å². The van der Waals surface area contributed by atoms with Crippen LogP contribution in [0.25, 0.3) is 0 Å². The Kier molecular flexibility index (Phi) is 0.663. The van der Waals surface area contributed by atoms with Crippen LogP contribution in [0.5, 0.6) is 0 Å². The maximum Gasteiger partial charge on any atom is 0.0599 e. The minimum absolute atomic E-state index is 0.0428. The van der Waals surface area contributed by atoms with E-state index in [0.29, 0.717) is 5.41 Å². The Hall–Kier alpha value is -0.0400. The van der Waals surface area contributed by atoms with Crippen molar-refractivity contribution in [1.82, 2.24) is 0 Å². The Labute approximate surface area is 49.7 Å². The van der Waals surface area contributed by atoms with Crippen molar-refractivity contribution in [3.05, 3.63) is 0 Å². The number of rotatable bonds is 0. The maximum atomic E-state index is 9.20. The monoisotopic (exact) mass is 112 g/mol. The molecule has 0 saturated heterocycles. The predicted molar refractivity (Wildman–Crippen MR) is 31.5 cm³/mol. The Morgan fingerprint density at radius 1 is 1.62 bits per heavy atom. The summed E-state index contributed by atoms with van der Waals surface area (Å²) in [6.45, 7) is 2.20. The summed E-state index contributed by atoms with van der Waals surface area (Å²) in [4.78, 5) is 0. The molecule has 1 N–H and O–H groups in total. The number of aliphatic hydroxyl groups excluding tert-OH is 1. The second kappa shape index (κ2) is 1.10. The van der Waals surface area contributed by atoms with Crippen molar-refractivity contribution in [3.63, 3.8) is 0 Å². The summed E-state index contributed by atoms with van der Waals surface area (Å²) in [7, 11) is 0. The van der Waals surface area contributed by atoms with Crippen LogP contribution < -0.4 is 0 Å². The van der Waals surface area contributed by atoms with Gasteiger partial charge in [0.25, 0.3) is 0 Å². The zero-order valence-electron chi connectivity index (χ0n) is 5.22. The quantitative estimate of drug-likeness (QED) is 0.498. The molecule has 1 nitrogen and oxygen atoms in total. The molecule has 3 atom stereocenters. The molecule has 0 radical (unpaired) electrons. The second-order valence-electron chi connectivity index (χ2n) is 3.49. The molecule has 0 aromatic heterocycles. The van der Waals surface area contributed by atoms with Crippen molar-refractivity contribution in [2.75, 3.05) is 0 Å². The summed E-state index contributed by atoms with van der Waals surface area (Å²) >= 11 is 0. The van der Waals surface area contributed by atoms with E-state index in [0.717, 1.165) is 12.3 Å². The lowest BCUT2D eigenvalue weighted by Gasteiger charge is -2.60. The summed E-state index contributed by atoms with van der Waals surface area (Å²) in [6.07, 6.45) is 3.75. The first-order valence-corrected chi connectivity index (χ1v) is 3.41. The van der Waals surface area contributed by atoms with Crippen LogP contribution in [-0.2, 0) is 0 Å². The fourth-order valence-corrected chi connectivity index (χ4v) is 2.01. The molecule has 8 heavy (non-hydrogen) atoms. The highest BCUT2D eigenvalue weighted by molar-refractivity contribution is 5.06. The summed E-state index contributed by atoms with van der Waals surface area (Å²) in [5, 5.41) is 9.20. The van der Waals surface area contributed by atoms with E-state index < -0.39 is 0 Å².